The average molecular weight is 260 g/mol. The van der Waals surface area contributed by atoms with Crippen LogP contribution in [0.4, 0.5) is 0 Å². The zero-order valence-corrected chi connectivity index (χ0v) is 11.6. The van der Waals surface area contributed by atoms with Crippen molar-refractivity contribution in [2.24, 2.45) is 0 Å². The molecule has 0 aliphatic heterocycles. The third-order valence-electron chi connectivity index (χ3n) is 3.40. The molecule has 1 aromatic heterocycles. The average Bonchev–Trinajstić information content (AvgIpc) is 3.09. The van der Waals surface area contributed by atoms with Gasteiger partial charge in [-0.05, 0) is 25.1 Å². The lowest BCUT2D eigenvalue weighted by atomic mass is 10.1. The van der Waals surface area contributed by atoms with E-state index in [-0.39, 0.29) is 0 Å². The topological polar surface area (TPSA) is 39.4 Å². The molecule has 1 saturated carbocycles. The van der Waals surface area contributed by atoms with Crippen LogP contribution < -0.4 is 4.74 Å². The van der Waals surface area contributed by atoms with Gasteiger partial charge in [0.15, 0.2) is 17.6 Å². The largest absolute Gasteiger partial charge is 0.493 e. The summed E-state index contributed by atoms with van der Waals surface area (Å²) in [7, 11) is 1.58. The molecule has 0 saturated heterocycles. The Morgan fingerprint density at radius 2 is 1.79 bits per heavy atom. The van der Waals surface area contributed by atoms with E-state index in [1.807, 2.05) is 13.0 Å². The third kappa shape index (κ3) is 3.16. The van der Waals surface area contributed by atoms with Crippen LogP contribution in [0.3, 0.4) is 0 Å². The molecule has 19 heavy (non-hydrogen) atoms. The Bertz CT molecular complexity index is 543. The summed E-state index contributed by atoms with van der Waals surface area (Å²) < 4.78 is 10.6. The Kier molecular flexibility index (Phi) is 4.61. The van der Waals surface area contributed by atoms with E-state index in [0.717, 1.165) is 17.4 Å². The van der Waals surface area contributed by atoms with Gasteiger partial charge in [0.2, 0.25) is 0 Å². The van der Waals surface area contributed by atoms with Crippen LogP contribution in [0.5, 0.6) is 5.75 Å². The van der Waals surface area contributed by atoms with Crippen LogP contribution >= 0.6 is 0 Å². The smallest absolute Gasteiger partial charge is 0.176 e. The number of carbonyl (C=O) groups excluding carboxylic acids is 1. The lowest BCUT2D eigenvalue weighted by molar-refractivity contribution is 0.112. The summed E-state index contributed by atoms with van der Waals surface area (Å²) in [6, 6.07) is 5.29. The minimum atomic E-state index is 0.623. The van der Waals surface area contributed by atoms with Gasteiger partial charge in [-0.25, -0.2) is 0 Å². The molecule has 0 spiro atoms. The molecule has 1 aromatic carbocycles. The van der Waals surface area contributed by atoms with Crippen molar-refractivity contribution in [1.29, 1.82) is 0 Å². The van der Waals surface area contributed by atoms with Crippen molar-refractivity contribution >= 4 is 17.3 Å². The van der Waals surface area contributed by atoms with Crippen molar-refractivity contribution in [2.45, 2.75) is 39.0 Å². The zero-order valence-electron chi connectivity index (χ0n) is 11.6. The van der Waals surface area contributed by atoms with Gasteiger partial charge in [-0.15, -0.1) is 0 Å². The van der Waals surface area contributed by atoms with E-state index in [1.165, 1.54) is 32.1 Å². The molecule has 102 valence electrons. The molecular weight excluding hydrogens is 240 g/mol. The molecule has 3 rings (SSSR count). The Labute approximate surface area is 113 Å². The van der Waals surface area contributed by atoms with Gasteiger partial charge >= 0.3 is 0 Å². The first-order valence-electron chi connectivity index (χ1n) is 6.78. The summed E-state index contributed by atoms with van der Waals surface area (Å²) in [6.45, 7) is 1.84. The van der Waals surface area contributed by atoms with Gasteiger partial charge in [0.05, 0.1) is 7.11 Å². The van der Waals surface area contributed by atoms with E-state index >= 15 is 0 Å². The first-order valence-corrected chi connectivity index (χ1v) is 6.78. The molecule has 0 bridgehead atoms. The molecule has 1 heterocycles. The number of fused-ring (bicyclic) bond motifs is 1. The van der Waals surface area contributed by atoms with Crippen LogP contribution in [0.15, 0.2) is 22.6 Å². The predicted molar refractivity (Wildman–Crippen MR) is 76.0 cm³/mol. The van der Waals surface area contributed by atoms with Crippen LogP contribution in [0.1, 0.15) is 48.2 Å². The maximum atomic E-state index is 10.7. The van der Waals surface area contributed by atoms with Crippen molar-refractivity contribution in [3.05, 3.63) is 29.5 Å². The van der Waals surface area contributed by atoms with Crippen molar-refractivity contribution in [1.82, 2.24) is 0 Å². The Hall–Kier alpha value is -1.77. The summed E-state index contributed by atoms with van der Waals surface area (Å²) in [6.07, 6.45) is 8.32. The minimum absolute atomic E-state index is 0.623. The highest BCUT2D eigenvalue weighted by molar-refractivity contribution is 5.98. The van der Waals surface area contributed by atoms with Crippen molar-refractivity contribution in [2.75, 3.05) is 7.11 Å². The van der Waals surface area contributed by atoms with Gasteiger partial charge in [0.25, 0.3) is 0 Å². The fourth-order valence-electron chi connectivity index (χ4n) is 2.39. The van der Waals surface area contributed by atoms with E-state index in [4.69, 9.17) is 9.15 Å². The van der Waals surface area contributed by atoms with Crippen molar-refractivity contribution in [3.8, 4) is 5.75 Å². The number of carbonyl (C=O) groups is 1. The zero-order chi connectivity index (χ0) is 13.7. The molecule has 0 amide bonds. The van der Waals surface area contributed by atoms with Gasteiger partial charge in [-0.3, -0.25) is 4.79 Å². The highest BCUT2D eigenvalue weighted by atomic mass is 16.5. The number of ether oxygens (including phenoxy) is 1. The Morgan fingerprint density at radius 3 is 2.32 bits per heavy atom. The Balaban J connectivity index is 0.000000224. The molecule has 3 nitrogen and oxygen atoms in total. The summed E-state index contributed by atoms with van der Waals surface area (Å²) in [5.74, 6) is 1.42. The van der Waals surface area contributed by atoms with Crippen LogP contribution in [-0.4, -0.2) is 13.4 Å². The molecule has 0 unspecified atom stereocenters. The molecule has 2 aromatic rings. The number of hydrogen-bond donors (Lipinski definition) is 0. The highest BCUT2D eigenvalue weighted by Gasteiger charge is 2.10. The summed E-state index contributed by atoms with van der Waals surface area (Å²) >= 11 is 0. The number of furan rings is 1. The van der Waals surface area contributed by atoms with Crippen LogP contribution in [0, 0.1) is 6.92 Å². The molecular formula is C16H20O3. The molecule has 0 radical (unpaired) electrons. The minimum Gasteiger partial charge on any atom is -0.493 e. The number of methoxy groups -OCH3 is 1. The van der Waals surface area contributed by atoms with Crippen LogP contribution in [-0.2, 0) is 0 Å². The first kappa shape index (κ1) is 13.7. The number of rotatable bonds is 2. The molecule has 1 fully saturated rings. The molecule has 1 aliphatic rings. The van der Waals surface area contributed by atoms with Gasteiger partial charge in [0.1, 0.15) is 5.76 Å². The third-order valence-corrected chi connectivity index (χ3v) is 3.40. The van der Waals surface area contributed by atoms with E-state index < -0.39 is 0 Å². The summed E-state index contributed by atoms with van der Waals surface area (Å²) in [5, 5.41) is 0.803. The van der Waals surface area contributed by atoms with Crippen LogP contribution in [0.25, 0.3) is 11.0 Å². The van der Waals surface area contributed by atoms with Crippen LogP contribution in [0.2, 0.25) is 0 Å². The SMILES string of the molecule is C1CCCC1.COc1ccc(C=O)c2cc(C)oc12. The van der Waals surface area contributed by atoms with Gasteiger partial charge < -0.3 is 9.15 Å². The molecule has 0 N–H and O–H groups in total. The van der Waals surface area contributed by atoms with E-state index in [0.29, 0.717) is 16.9 Å². The fourth-order valence-corrected chi connectivity index (χ4v) is 2.39. The second-order valence-electron chi connectivity index (χ2n) is 4.84. The quantitative estimate of drug-likeness (QED) is 0.746. The molecule has 1 aliphatic carbocycles. The molecule has 0 atom stereocenters. The van der Waals surface area contributed by atoms with Crippen molar-refractivity contribution in [3.63, 3.8) is 0 Å². The lowest BCUT2D eigenvalue weighted by Crippen LogP contribution is -1.86. The number of hydrogen-bond acceptors (Lipinski definition) is 3. The van der Waals surface area contributed by atoms with E-state index in [2.05, 4.69) is 0 Å². The maximum Gasteiger partial charge on any atom is 0.176 e. The first-order chi connectivity index (χ1) is 9.26. The monoisotopic (exact) mass is 260 g/mol. The van der Waals surface area contributed by atoms with Gasteiger partial charge in [-0.1, -0.05) is 32.1 Å². The van der Waals surface area contributed by atoms with E-state index in [9.17, 15) is 4.79 Å². The lowest BCUT2D eigenvalue weighted by Gasteiger charge is -2.00. The van der Waals surface area contributed by atoms with E-state index in [1.54, 1.807) is 19.2 Å². The Morgan fingerprint density at radius 1 is 1.16 bits per heavy atom. The number of aldehydes is 1. The standard InChI is InChI=1S/C11H10O3.C5H10/c1-7-5-9-8(6-12)3-4-10(13-2)11(9)14-7;1-2-4-5-3-1/h3-6H,1-2H3;1-5H2. The summed E-state index contributed by atoms with van der Waals surface area (Å²) in [4.78, 5) is 10.7. The second kappa shape index (κ2) is 6.41. The fraction of sp³-hybridized carbons (Fsp3) is 0.438. The highest BCUT2D eigenvalue weighted by Crippen LogP contribution is 2.30. The predicted octanol–water partition coefficient (Wildman–Crippen LogP) is 4.51. The van der Waals surface area contributed by atoms with Crippen molar-refractivity contribution < 1.29 is 13.9 Å². The normalized spacial score (nSPS) is 14.0. The number of aryl methyl sites for hydroxylation is 1. The summed E-state index contributed by atoms with van der Waals surface area (Å²) in [5.41, 5.74) is 1.26. The molecule has 3 heteroatoms. The number of benzene rings is 1. The maximum absolute atomic E-state index is 10.7. The van der Waals surface area contributed by atoms with Gasteiger partial charge in [0, 0.05) is 10.9 Å². The second-order valence-corrected chi connectivity index (χ2v) is 4.84. The van der Waals surface area contributed by atoms with Gasteiger partial charge in [-0.2, -0.15) is 0 Å².